The third kappa shape index (κ3) is 3.15. The van der Waals surface area contributed by atoms with Crippen LogP contribution in [0.15, 0.2) is 47.3 Å². The Morgan fingerprint density at radius 2 is 1.87 bits per heavy atom. The van der Waals surface area contributed by atoms with Crippen LogP contribution in [0.25, 0.3) is 16.5 Å². The highest BCUT2D eigenvalue weighted by atomic mass is 19.2. The van der Waals surface area contributed by atoms with Crippen molar-refractivity contribution in [3.8, 4) is 0 Å². The standard InChI is InChI=1S/C24H19F3N2O2/c1-12-16(24(31)28-19-7-6-18(26)23(27)22(12)19)10-21(30)29-11-13-8-17(20(29)9-13)14-2-4-15(25)5-3-14/h2-8,13,20H,9-11H2,1H3,(H,28,31). The summed E-state index contributed by atoms with van der Waals surface area (Å²) in [4.78, 5) is 30.0. The molecule has 7 heteroatoms. The molecule has 158 valence electrons. The van der Waals surface area contributed by atoms with Crippen molar-refractivity contribution in [2.45, 2.75) is 25.8 Å². The number of benzene rings is 2. The molecule has 2 heterocycles. The van der Waals surface area contributed by atoms with Crippen LogP contribution in [0.2, 0.25) is 0 Å². The van der Waals surface area contributed by atoms with Gasteiger partial charge in [0, 0.05) is 17.5 Å². The number of rotatable bonds is 3. The van der Waals surface area contributed by atoms with Crippen LogP contribution in [-0.2, 0) is 11.2 Å². The third-order valence-corrected chi connectivity index (χ3v) is 6.38. The molecule has 3 aromatic rings. The lowest BCUT2D eigenvalue weighted by Gasteiger charge is -2.29. The Morgan fingerprint density at radius 3 is 2.58 bits per heavy atom. The van der Waals surface area contributed by atoms with Crippen molar-refractivity contribution in [2.24, 2.45) is 5.92 Å². The van der Waals surface area contributed by atoms with Crippen LogP contribution < -0.4 is 5.56 Å². The summed E-state index contributed by atoms with van der Waals surface area (Å²) in [5.74, 6) is -2.41. The molecule has 0 radical (unpaired) electrons. The number of pyridine rings is 1. The van der Waals surface area contributed by atoms with E-state index in [0.29, 0.717) is 6.54 Å². The first-order chi connectivity index (χ1) is 14.8. The molecule has 0 spiro atoms. The van der Waals surface area contributed by atoms with E-state index in [4.69, 9.17) is 0 Å². The van der Waals surface area contributed by atoms with E-state index in [0.717, 1.165) is 23.6 Å². The Kier molecular flexibility index (Phi) is 4.50. The van der Waals surface area contributed by atoms with Crippen molar-refractivity contribution >= 4 is 22.4 Å². The summed E-state index contributed by atoms with van der Waals surface area (Å²) in [5, 5.41) is -0.0164. The fourth-order valence-corrected chi connectivity index (χ4v) is 4.86. The SMILES string of the molecule is Cc1c(CC(=O)N2CC3C=C(c4ccc(F)cc4)C2C3)c(=O)[nH]c2ccc(F)c(F)c12. The molecule has 5 rings (SSSR count). The molecule has 1 aliphatic heterocycles. The maximum absolute atomic E-state index is 14.4. The number of hydrogen-bond donors (Lipinski definition) is 1. The third-order valence-electron chi connectivity index (χ3n) is 6.38. The smallest absolute Gasteiger partial charge is 0.252 e. The molecule has 2 bridgehead atoms. The highest BCUT2D eigenvalue weighted by Gasteiger charge is 2.42. The lowest BCUT2D eigenvalue weighted by molar-refractivity contribution is -0.130. The molecule has 1 aromatic heterocycles. The van der Waals surface area contributed by atoms with Gasteiger partial charge in [-0.3, -0.25) is 9.59 Å². The number of aromatic amines is 1. The Bertz CT molecular complexity index is 1310. The fourth-order valence-electron chi connectivity index (χ4n) is 4.86. The molecular formula is C24H19F3N2O2. The lowest BCUT2D eigenvalue weighted by atomic mass is 9.98. The summed E-state index contributed by atoms with van der Waals surface area (Å²) in [6.07, 6.45) is 2.70. The molecule has 1 saturated heterocycles. The minimum atomic E-state index is -1.04. The number of aromatic nitrogens is 1. The molecule has 2 aliphatic rings. The van der Waals surface area contributed by atoms with Gasteiger partial charge in [-0.1, -0.05) is 18.2 Å². The molecule has 1 aliphatic carbocycles. The number of likely N-dealkylation sites (tertiary alicyclic amines) is 1. The van der Waals surface area contributed by atoms with Gasteiger partial charge in [0.2, 0.25) is 5.91 Å². The van der Waals surface area contributed by atoms with Crippen LogP contribution in [0, 0.1) is 30.3 Å². The second-order valence-electron chi connectivity index (χ2n) is 8.20. The van der Waals surface area contributed by atoms with Crippen LogP contribution in [0.5, 0.6) is 0 Å². The zero-order chi connectivity index (χ0) is 21.9. The number of H-pyrrole nitrogens is 1. The van der Waals surface area contributed by atoms with Gasteiger partial charge < -0.3 is 9.88 Å². The normalized spacial score (nSPS) is 19.9. The largest absolute Gasteiger partial charge is 0.335 e. The van der Waals surface area contributed by atoms with Gasteiger partial charge in [0.1, 0.15) is 5.82 Å². The van der Waals surface area contributed by atoms with E-state index in [2.05, 4.69) is 11.1 Å². The number of hydrogen-bond acceptors (Lipinski definition) is 2. The van der Waals surface area contributed by atoms with E-state index in [1.54, 1.807) is 17.0 Å². The molecule has 31 heavy (non-hydrogen) atoms. The average molecular weight is 424 g/mol. The first-order valence-electron chi connectivity index (χ1n) is 10.1. The van der Waals surface area contributed by atoms with Gasteiger partial charge in [0.05, 0.1) is 18.0 Å². The molecule has 0 saturated carbocycles. The summed E-state index contributed by atoms with van der Waals surface area (Å²) in [6.45, 7) is 2.07. The molecule has 4 nitrogen and oxygen atoms in total. The van der Waals surface area contributed by atoms with Crippen molar-refractivity contribution in [3.63, 3.8) is 0 Å². The van der Waals surface area contributed by atoms with Gasteiger partial charge in [-0.15, -0.1) is 0 Å². The fraction of sp³-hybridized carbons (Fsp3) is 0.250. The minimum Gasteiger partial charge on any atom is -0.335 e. The quantitative estimate of drug-likeness (QED) is 0.688. The van der Waals surface area contributed by atoms with Gasteiger partial charge in [-0.2, -0.15) is 0 Å². The summed E-state index contributed by atoms with van der Waals surface area (Å²) >= 11 is 0. The van der Waals surface area contributed by atoms with E-state index in [1.165, 1.54) is 25.1 Å². The highest BCUT2D eigenvalue weighted by molar-refractivity contribution is 5.88. The van der Waals surface area contributed by atoms with Crippen LogP contribution >= 0.6 is 0 Å². The van der Waals surface area contributed by atoms with E-state index in [-0.39, 0.29) is 52.1 Å². The predicted octanol–water partition coefficient (Wildman–Crippen LogP) is 4.11. The van der Waals surface area contributed by atoms with Gasteiger partial charge in [0.25, 0.3) is 5.56 Å². The average Bonchev–Trinajstić information content (AvgIpc) is 3.35. The van der Waals surface area contributed by atoms with Crippen molar-refractivity contribution in [1.29, 1.82) is 0 Å². The molecule has 2 aromatic carbocycles. The first-order valence-corrected chi connectivity index (χ1v) is 10.1. The summed E-state index contributed by atoms with van der Waals surface area (Å²) < 4.78 is 41.4. The van der Waals surface area contributed by atoms with E-state index in [1.807, 2.05) is 0 Å². The lowest BCUT2D eigenvalue weighted by Crippen LogP contribution is -2.39. The van der Waals surface area contributed by atoms with Gasteiger partial charge in [0.15, 0.2) is 11.6 Å². The first kappa shape index (κ1) is 19.6. The molecule has 2 atom stereocenters. The maximum atomic E-state index is 14.4. The Hall–Kier alpha value is -3.35. The number of carbonyl (C=O) groups excluding carboxylic acids is 1. The van der Waals surface area contributed by atoms with Crippen molar-refractivity contribution in [3.05, 3.63) is 87.0 Å². The van der Waals surface area contributed by atoms with Gasteiger partial charge >= 0.3 is 0 Å². The van der Waals surface area contributed by atoms with Gasteiger partial charge in [-0.05, 0) is 60.2 Å². The topological polar surface area (TPSA) is 53.2 Å². The second-order valence-corrected chi connectivity index (χ2v) is 8.20. The van der Waals surface area contributed by atoms with Crippen LogP contribution in [-0.4, -0.2) is 28.4 Å². The van der Waals surface area contributed by atoms with Gasteiger partial charge in [-0.25, -0.2) is 13.2 Å². The zero-order valence-electron chi connectivity index (χ0n) is 16.7. The zero-order valence-corrected chi connectivity index (χ0v) is 16.7. The molecule has 1 fully saturated rings. The van der Waals surface area contributed by atoms with E-state index < -0.39 is 17.2 Å². The summed E-state index contributed by atoms with van der Waals surface area (Å²) in [6, 6.07) is 8.30. The number of amides is 1. The predicted molar refractivity (Wildman–Crippen MR) is 111 cm³/mol. The number of nitrogens with zero attached hydrogens (tertiary/aromatic N) is 1. The molecule has 2 unspecified atom stereocenters. The van der Waals surface area contributed by atoms with Crippen LogP contribution in [0.1, 0.15) is 23.1 Å². The Balaban J connectivity index is 1.45. The molecule has 1 N–H and O–H groups in total. The van der Waals surface area contributed by atoms with Crippen LogP contribution in [0.4, 0.5) is 13.2 Å². The van der Waals surface area contributed by atoms with Crippen molar-refractivity contribution < 1.29 is 18.0 Å². The number of nitrogens with one attached hydrogen (secondary N) is 1. The Morgan fingerprint density at radius 1 is 1.13 bits per heavy atom. The number of halogens is 3. The van der Waals surface area contributed by atoms with E-state index >= 15 is 0 Å². The molecule has 1 amide bonds. The van der Waals surface area contributed by atoms with Crippen LogP contribution in [0.3, 0.4) is 0 Å². The van der Waals surface area contributed by atoms with E-state index in [9.17, 15) is 22.8 Å². The summed E-state index contributed by atoms with van der Waals surface area (Å²) in [7, 11) is 0. The monoisotopic (exact) mass is 424 g/mol. The maximum Gasteiger partial charge on any atom is 0.252 e. The molecular weight excluding hydrogens is 405 g/mol. The van der Waals surface area contributed by atoms with Crippen molar-refractivity contribution in [1.82, 2.24) is 9.88 Å². The Labute approximate surface area is 176 Å². The second kappa shape index (κ2) is 7.11. The number of aryl methyl sites for hydroxylation is 1. The summed E-state index contributed by atoms with van der Waals surface area (Å²) in [5.41, 5.74) is 1.95. The van der Waals surface area contributed by atoms with Crippen molar-refractivity contribution in [2.75, 3.05) is 6.54 Å². The number of carbonyl (C=O) groups is 1. The minimum absolute atomic E-state index is 0.0164. The number of fused-ring (bicyclic) bond motifs is 3. The highest BCUT2D eigenvalue weighted by Crippen LogP contribution is 2.42.